The van der Waals surface area contributed by atoms with Gasteiger partial charge in [0.25, 0.3) is 5.91 Å². The second kappa shape index (κ2) is 10.9. The number of imide groups is 1. The number of carbonyl (C=O) groups excluding carboxylic acids is 3. The van der Waals surface area contributed by atoms with E-state index in [1.54, 1.807) is 30.5 Å². The Kier molecular flexibility index (Phi) is 7.16. The van der Waals surface area contributed by atoms with Crippen LogP contribution in [0.1, 0.15) is 52.7 Å². The molecule has 2 aromatic carbocycles. The van der Waals surface area contributed by atoms with Gasteiger partial charge in [0.05, 0.1) is 6.10 Å². The highest BCUT2D eigenvalue weighted by atomic mass is 19.1. The third-order valence-electron chi connectivity index (χ3n) is 8.29. The number of nitrogens with zero attached hydrogens (tertiary/aromatic N) is 3. The van der Waals surface area contributed by atoms with Crippen LogP contribution in [0.15, 0.2) is 60.8 Å². The Morgan fingerprint density at radius 2 is 1.90 bits per heavy atom. The van der Waals surface area contributed by atoms with E-state index in [1.165, 1.54) is 4.90 Å². The molecule has 8 nitrogen and oxygen atoms in total. The molecule has 3 aliphatic heterocycles. The number of aromatic nitrogens is 1. The number of amides is 3. The van der Waals surface area contributed by atoms with E-state index in [0.717, 1.165) is 24.9 Å². The topological polar surface area (TPSA) is 103 Å². The Bertz CT molecular complexity index is 1460. The Balaban J connectivity index is 1.19. The maximum Gasteiger partial charge on any atom is 0.255 e. The highest BCUT2D eigenvalue weighted by Gasteiger charge is 2.39. The maximum absolute atomic E-state index is 15.9. The van der Waals surface area contributed by atoms with Crippen LogP contribution >= 0.6 is 0 Å². The summed E-state index contributed by atoms with van der Waals surface area (Å²) < 4.78 is 15.9. The largest absolute Gasteiger partial charge is 0.391 e. The molecule has 40 heavy (non-hydrogen) atoms. The number of hydrogen-bond acceptors (Lipinski definition) is 6. The van der Waals surface area contributed by atoms with Crippen molar-refractivity contribution >= 4 is 17.7 Å². The van der Waals surface area contributed by atoms with Gasteiger partial charge in [0.2, 0.25) is 11.8 Å². The van der Waals surface area contributed by atoms with Crippen molar-refractivity contribution in [1.29, 1.82) is 0 Å². The molecule has 0 bridgehead atoms. The number of aliphatic hydroxyl groups excluding tert-OH is 1. The first-order valence-corrected chi connectivity index (χ1v) is 13.8. The van der Waals surface area contributed by atoms with Crippen LogP contribution in [0.3, 0.4) is 0 Å². The molecular formula is C31H31FN4O4. The van der Waals surface area contributed by atoms with Crippen LogP contribution in [0.4, 0.5) is 4.39 Å². The number of benzene rings is 2. The van der Waals surface area contributed by atoms with E-state index in [0.29, 0.717) is 35.2 Å². The number of halogens is 1. The van der Waals surface area contributed by atoms with Gasteiger partial charge in [-0.3, -0.25) is 29.6 Å². The molecular weight excluding hydrogens is 511 g/mol. The Hall–Kier alpha value is -3.95. The fraction of sp³-hybridized carbons (Fsp3) is 0.355. The van der Waals surface area contributed by atoms with Gasteiger partial charge in [0.1, 0.15) is 11.7 Å². The molecule has 3 aromatic rings. The van der Waals surface area contributed by atoms with Gasteiger partial charge in [-0.25, -0.2) is 4.39 Å². The number of carbonyl (C=O) groups is 3. The first-order valence-electron chi connectivity index (χ1n) is 13.8. The van der Waals surface area contributed by atoms with Crippen molar-refractivity contribution in [1.82, 2.24) is 20.1 Å². The van der Waals surface area contributed by atoms with Crippen molar-refractivity contribution in [3.63, 3.8) is 0 Å². The van der Waals surface area contributed by atoms with E-state index in [-0.39, 0.29) is 42.9 Å². The van der Waals surface area contributed by atoms with Gasteiger partial charge < -0.3 is 10.0 Å². The number of fused-ring (bicyclic) bond motifs is 1. The number of aliphatic hydroxyl groups is 1. The summed E-state index contributed by atoms with van der Waals surface area (Å²) in [6, 6.07) is 15.9. The van der Waals surface area contributed by atoms with Crippen molar-refractivity contribution in [2.75, 3.05) is 6.54 Å². The molecule has 3 aliphatic rings. The molecule has 4 heterocycles. The number of likely N-dealkylation sites (tertiary alicyclic amines) is 1. The van der Waals surface area contributed by atoms with Crippen LogP contribution < -0.4 is 5.32 Å². The Morgan fingerprint density at radius 3 is 2.70 bits per heavy atom. The van der Waals surface area contributed by atoms with Gasteiger partial charge in [-0.15, -0.1) is 0 Å². The molecule has 3 atom stereocenters. The number of hydrogen-bond donors (Lipinski definition) is 2. The van der Waals surface area contributed by atoms with E-state index in [9.17, 15) is 19.5 Å². The summed E-state index contributed by atoms with van der Waals surface area (Å²) in [5, 5.41) is 13.3. The quantitative estimate of drug-likeness (QED) is 0.445. The first-order chi connectivity index (χ1) is 19.4. The molecule has 9 heteroatoms. The first kappa shape index (κ1) is 26.3. The van der Waals surface area contributed by atoms with Crippen molar-refractivity contribution in [2.24, 2.45) is 0 Å². The van der Waals surface area contributed by atoms with E-state index in [1.807, 2.05) is 30.3 Å². The second-order valence-corrected chi connectivity index (χ2v) is 10.8. The fourth-order valence-corrected chi connectivity index (χ4v) is 6.22. The number of rotatable bonds is 7. The third kappa shape index (κ3) is 5.02. The molecule has 2 saturated heterocycles. The zero-order valence-corrected chi connectivity index (χ0v) is 22.1. The molecule has 2 N–H and O–H groups in total. The van der Waals surface area contributed by atoms with Crippen LogP contribution in [0.5, 0.6) is 0 Å². The van der Waals surface area contributed by atoms with Crippen LogP contribution in [0.25, 0.3) is 11.3 Å². The molecule has 0 saturated carbocycles. The highest BCUT2D eigenvalue weighted by Crippen LogP contribution is 2.33. The van der Waals surface area contributed by atoms with Crippen molar-refractivity contribution in [2.45, 2.75) is 63.4 Å². The molecule has 1 aromatic heterocycles. The molecule has 2 fully saturated rings. The Morgan fingerprint density at radius 1 is 1.07 bits per heavy atom. The smallest absolute Gasteiger partial charge is 0.255 e. The van der Waals surface area contributed by atoms with E-state index < -0.39 is 23.9 Å². The van der Waals surface area contributed by atoms with Crippen molar-refractivity contribution < 1.29 is 23.9 Å². The predicted octanol–water partition coefficient (Wildman–Crippen LogP) is 3.22. The molecule has 206 valence electrons. The lowest BCUT2D eigenvalue weighted by atomic mass is 9.99. The molecule has 3 amide bonds. The maximum atomic E-state index is 15.9. The monoisotopic (exact) mass is 542 g/mol. The van der Waals surface area contributed by atoms with E-state index in [4.69, 9.17) is 0 Å². The summed E-state index contributed by atoms with van der Waals surface area (Å²) in [6.07, 6.45) is 3.87. The summed E-state index contributed by atoms with van der Waals surface area (Å²) in [5.41, 5.74) is 3.50. The van der Waals surface area contributed by atoms with Gasteiger partial charge >= 0.3 is 0 Å². The highest BCUT2D eigenvalue weighted by molar-refractivity contribution is 6.05. The summed E-state index contributed by atoms with van der Waals surface area (Å²) in [6.45, 7) is 1.36. The van der Waals surface area contributed by atoms with Gasteiger partial charge in [-0.05, 0) is 61.6 Å². The van der Waals surface area contributed by atoms with Gasteiger partial charge in [-0.2, -0.15) is 0 Å². The van der Waals surface area contributed by atoms with E-state index in [2.05, 4.69) is 15.2 Å². The lowest BCUT2D eigenvalue weighted by molar-refractivity contribution is -0.136. The minimum absolute atomic E-state index is 0.0551. The van der Waals surface area contributed by atoms with Crippen molar-refractivity contribution in [3.8, 4) is 11.3 Å². The molecule has 0 aliphatic carbocycles. The lowest BCUT2D eigenvalue weighted by Gasteiger charge is -2.29. The summed E-state index contributed by atoms with van der Waals surface area (Å²) in [5.74, 6) is -1.49. The second-order valence-electron chi connectivity index (χ2n) is 10.8. The minimum Gasteiger partial charge on any atom is -0.391 e. The van der Waals surface area contributed by atoms with Gasteiger partial charge in [0.15, 0.2) is 5.82 Å². The average molecular weight is 543 g/mol. The zero-order valence-electron chi connectivity index (χ0n) is 22.1. The predicted molar refractivity (Wildman–Crippen MR) is 145 cm³/mol. The number of piperidine rings is 1. The van der Waals surface area contributed by atoms with Gasteiger partial charge in [0, 0.05) is 48.4 Å². The van der Waals surface area contributed by atoms with Gasteiger partial charge in [-0.1, -0.05) is 36.4 Å². The van der Waals surface area contributed by atoms with Crippen LogP contribution in [0, 0.1) is 5.82 Å². The summed E-state index contributed by atoms with van der Waals surface area (Å²) in [7, 11) is 0. The average Bonchev–Trinajstić information content (AvgIpc) is 3.54. The molecule has 2 unspecified atom stereocenters. The number of pyridine rings is 1. The summed E-state index contributed by atoms with van der Waals surface area (Å²) >= 11 is 0. The third-order valence-corrected chi connectivity index (χ3v) is 8.29. The molecule has 6 rings (SSSR count). The lowest BCUT2D eigenvalue weighted by Crippen LogP contribution is -2.52. The minimum atomic E-state index is -0.704. The molecule has 0 spiro atoms. The Labute approximate surface area is 231 Å². The zero-order chi connectivity index (χ0) is 27.8. The normalized spacial score (nSPS) is 21.9. The molecule has 0 radical (unpaired) electrons. The van der Waals surface area contributed by atoms with Crippen LogP contribution in [0.2, 0.25) is 0 Å². The van der Waals surface area contributed by atoms with Crippen LogP contribution in [-0.2, 0) is 29.1 Å². The standard InChI is InChI=1S/C31H31FN4O4/c32-28-21(17-35-14-4-7-24(35)26(37)15-19-5-2-1-3-6-19)12-13-33-29(28)20-8-9-23-22(16-20)18-36(31(23)40)25-10-11-27(38)34-30(25)39/h1-3,5-6,8-9,12-13,16,24-26,37H,4,7,10-11,14-15,17-18H2,(H,34,38,39)/t24?,25?,26-/m0/s1. The fourth-order valence-electron chi connectivity index (χ4n) is 6.22. The SMILES string of the molecule is O=C1CCC(N2Cc3cc(-c4nccc(CN5CCCC5[C@@H](O)Cc5ccccc5)c4F)ccc3C2=O)C(=O)N1. The van der Waals surface area contributed by atoms with Crippen molar-refractivity contribution in [3.05, 3.63) is 88.9 Å². The van der Waals surface area contributed by atoms with E-state index >= 15 is 4.39 Å². The number of nitrogens with one attached hydrogen (secondary N) is 1. The summed E-state index contributed by atoms with van der Waals surface area (Å²) in [4.78, 5) is 44.9. The van der Waals surface area contributed by atoms with Crippen LogP contribution in [-0.4, -0.2) is 62.3 Å².